The van der Waals surface area contributed by atoms with Gasteiger partial charge in [-0.25, -0.2) is 4.79 Å². The molecule has 1 fully saturated rings. The second kappa shape index (κ2) is 7.33. The molecule has 2 unspecified atom stereocenters. The molecule has 1 aliphatic heterocycles. The van der Waals surface area contributed by atoms with Crippen LogP contribution in [0.3, 0.4) is 0 Å². The zero-order chi connectivity index (χ0) is 13.5. The van der Waals surface area contributed by atoms with Crippen molar-refractivity contribution < 1.29 is 9.59 Å². The van der Waals surface area contributed by atoms with Gasteiger partial charge in [0.25, 0.3) is 0 Å². The van der Waals surface area contributed by atoms with Crippen molar-refractivity contribution in [2.24, 2.45) is 11.7 Å². The fourth-order valence-corrected chi connectivity index (χ4v) is 2.39. The Morgan fingerprint density at radius 1 is 1.44 bits per heavy atom. The second-order valence-electron chi connectivity index (χ2n) is 4.97. The predicted octanol–water partition coefficient (Wildman–Crippen LogP) is -0.109. The summed E-state index contributed by atoms with van der Waals surface area (Å²) in [6.45, 7) is 7.36. The lowest BCUT2D eigenvalue weighted by molar-refractivity contribution is -0.121. The summed E-state index contributed by atoms with van der Waals surface area (Å²) in [5, 5.41) is 5.62. The Bertz CT molecular complexity index is 296. The second-order valence-corrected chi connectivity index (χ2v) is 4.97. The summed E-state index contributed by atoms with van der Waals surface area (Å²) in [4.78, 5) is 24.0. The first kappa shape index (κ1) is 14.9. The highest BCUT2D eigenvalue weighted by molar-refractivity contribution is 5.94. The van der Waals surface area contributed by atoms with Crippen LogP contribution in [0.4, 0.5) is 4.79 Å². The van der Waals surface area contributed by atoms with E-state index in [2.05, 4.69) is 29.4 Å². The molecule has 4 N–H and O–H groups in total. The number of carbonyl (C=O) groups excluding carboxylic acids is 2. The van der Waals surface area contributed by atoms with E-state index in [1.807, 2.05) is 0 Å². The first-order chi connectivity index (χ1) is 8.52. The van der Waals surface area contributed by atoms with Crippen LogP contribution in [0.15, 0.2) is 0 Å². The topological polar surface area (TPSA) is 87.5 Å². The minimum absolute atomic E-state index is 0.244. The van der Waals surface area contributed by atoms with Crippen LogP contribution in [0.25, 0.3) is 0 Å². The van der Waals surface area contributed by atoms with Crippen LogP contribution in [-0.2, 0) is 4.79 Å². The number of carbonyl (C=O) groups is 2. The number of nitrogens with one attached hydrogen (secondary N) is 2. The van der Waals surface area contributed by atoms with Crippen molar-refractivity contribution in [3.63, 3.8) is 0 Å². The van der Waals surface area contributed by atoms with Crippen LogP contribution in [-0.4, -0.2) is 49.1 Å². The monoisotopic (exact) mass is 256 g/mol. The molecule has 1 rings (SSSR count). The van der Waals surface area contributed by atoms with Gasteiger partial charge in [-0.05, 0) is 25.3 Å². The molecule has 0 spiro atoms. The van der Waals surface area contributed by atoms with Gasteiger partial charge in [-0.3, -0.25) is 15.0 Å². The lowest BCUT2D eigenvalue weighted by Gasteiger charge is -2.37. The first-order valence-electron chi connectivity index (χ1n) is 6.58. The van der Waals surface area contributed by atoms with Gasteiger partial charge in [0, 0.05) is 19.1 Å². The lowest BCUT2D eigenvalue weighted by Crippen LogP contribution is -2.51. The van der Waals surface area contributed by atoms with Crippen molar-refractivity contribution in [2.45, 2.75) is 32.7 Å². The Morgan fingerprint density at radius 2 is 2.17 bits per heavy atom. The number of urea groups is 1. The van der Waals surface area contributed by atoms with E-state index in [1.54, 1.807) is 0 Å². The van der Waals surface area contributed by atoms with Gasteiger partial charge in [0.1, 0.15) is 0 Å². The van der Waals surface area contributed by atoms with Crippen LogP contribution in [0, 0.1) is 5.92 Å². The maximum atomic E-state index is 11.4. The third kappa shape index (κ3) is 5.01. The molecule has 0 saturated carbocycles. The number of hydrogen-bond acceptors (Lipinski definition) is 4. The van der Waals surface area contributed by atoms with Crippen LogP contribution in [0.2, 0.25) is 0 Å². The van der Waals surface area contributed by atoms with Crippen molar-refractivity contribution in [1.29, 1.82) is 0 Å². The van der Waals surface area contributed by atoms with Crippen molar-refractivity contribution in [3.8, 4) is 0 Å². The van der Waals surface area contributed by atoms with Gasteiger partial charge < -0.3 is 11.1 Å². The van der Waals surface area contributed by atoms with E-state index >= 15 is 0 Å². The number of piperidine rings is 1. The van der Waals surface area contributed by atoms with Crippen LogP contribution >= 0.6 is 0 Å². The van der Waals surface area contributed by atoms with Crippen molar-refractivity contribution >= 4 is 11.9 Å². The molecule has 1 heterocycles. The molecule has 0 aliphatic carbocycles. The summed E-state index contributed by atoms with van der Waals surface area (Å²) in [6, 6.07) is -0.257. The van der Waals surface area contributed by atoms with Gasteiger partial charge in [-0.15, -0.1) is 0 Å². The van der Waals surface area contributed by atoms with E-state index in [-0.39, 0.29) is 12.5 Å². The molecular formula is C12H24N4O2. The molecule has 0 radical (unpaired) electrons. The molecule has 0 bridgehead atoms. The zero-order valence-corrected chi connectivity index (χ0v) is 11.2. The number of rotatable bonds is 5. The maximum absolute atomic E-state index is 11.4. The van der Waals surface area contributed by atoms with E-state index in [9.17, 15) is 9.59 Å². The normalized spacial score (nSPS) is 24.8. The summed E-state index contributed by atoms with van der Waals surface area (Å²) in [6.07, 6.45) is 2.17. The van der Waals surface area contributed by atoms with Gasteiger partial charge >= 0.3 is 6.03 Å². The molecular weight excluding hydrogens is 232 g/mol. The summed E-state index contributed by atoms with van der Waals surface area (Å²) >= 11 is 0. The number of nitrogens with two attached hydrogens (primary N) is 1. The average molecular weight is 256 g/mol. The lowest BCUT2D eigenvalue weighted by atomic mass is 9.93. The number of likely N-dealkylation sites (tertiary alicyclic amines) is 1. The van der Waals surface area contributed by atoms with Crippen LogP contribution in [0.1, 0.15) is 26.7 Å². The minimum atomic E-state index is -0.785. The van der Waals surface area contributed by atoms with Gasteiger partial charge in [0.2, 0.25) is 5.91 Å². The van der Waals surface area contributed by atoms with E-state index in [0.29, 0.717) is 12.0 Å². The highest BCUT2D eigenvalue weighted by Gasteiger charge is 2.26. The molecule has 1 saturated heterocycles. The van der Waals surface area contributed by atoms with Gasteiger partial charge in [0.05, 0.1) is 6.54 Å². The fraction of sp³-hybridized carbons (Fsp3) is 0.833. The summed E-state index contributed by atoms with van der Waals surface area (Å²) in [5.74, 6) is 0.182. The number of nitrogens with zero attached hydrogens (tertiary/aromatic N) is 1. The van der Waals surface area contributed by atoms with Gasteiger partial charge in [-0.2, -0.15) is 0 Å². The van der Waals surface area contributed by atoms with Crippen molar-refractivity contribution in [2.75, 3.05) is 26.2 Å². The maximum Gasteiger partial charge on any atom is 0.318 e. The molecule has 0 aromatic heterocycles. The average Bonchev–Trinajstić information content (AvgIpc) is 2.26. The minimum Gasteiger partial charge on any atom is -0.351 e. The number of hydrogen-bond donors (Lipinski definition) is 3. The molecule has 104 valence electrons. The standard InChI is InChI=1S/C12H24N4O2/c1-3-5-14-10-4-6-16(7-9(10)2)8-11(17)15-12(13)18/h9-10,14H,3-8H2,1-2H3,(H3,13,15,17,18). The quantitative estimate of drug-likeness (QED) is 0.640. The van der Waals surface area contributed by atoms with Crippen LogP contribution < -0.4 is 16.4 Å². The largest absolute Gasteiger partial charge is 0.351 e. The van der Waals surface area contributed by atoms with E-state index in [1.165, 1.54) is 0 Å². The fourth-order valence-electron chi connectivity index (χ4n) is 2.39. The molecule has 2 atom stereocenters. The molecule has 0 aromatic carbocycles. The Labute approximate surface area is 108 Å². The first-order valence-corrected chi connectivity index (χ1v) is 6.58. The van der Waals surface area contributed by atoms with Crippen LogP contribution in [0.5, 0.6) is 0 Å². The smallest absolute Gasteiger partial charge is 0.318 e. The number of amides is 3. The summed E-state index contributed by atoms with van der Waals surface area (Å²) < 4.78 is 0. The molecule has 6 nitrogen and oxygen atoms in total. The van der Waals surface area contributed by atoms with E-state index < -0.39 is 6.03 Å². The molecule has 6 heteroatoms. The predicted molar refractivity (Wildman–Crippen MR) is 70.0 cm³/mol. The molecule has 0 aromatic rings. The van der Waals surface area contributed by atoms with Gasteiger partial charge in [-0.1, -0.05) is 13.8 Å². The van der Waals surface area contributed by atoms with Crippen molar-refractivity contribution in [3.05, 3.63) is 0 Å². The zero-order valence-electron chi connectivity index (χ0n) is 11.2. The molecule has 3 amide bonds. The van der Waals surface area contributed by atoms with Gasteiger partial charge in [0.15, 0.2) is 0 Å². The summed E-state index contributed by atoms with van der Waals surface area (Å²) in [5.41, 5.74) is 4.90. The number of imide groups is 1. The van der Waals surface area contributed by atoms with E-state index in [4.69, 9.17) is 5.73 Å². The Morgan fingerprint density at radius 3 is 2.72 bits per heavy atom. The Balaban J connectivity index is 2.32. The Kier molecular flexibility index (Phi) is 6.07. The SMILES string of the molecule is CCCNC1CCN(CC(=O)NC(N)=O)CC1C. The van der Waals surface area contributed by atoms with E-state index in [0.717, 1.165) is 32.5 Å². The third-order valence-electron chi connectivity index (χ3n) is 3.28. The highest BCUT2D eigenvalue weighted by atomic mass is 16.2. The highest BCUT2D eigenvalue weighted by Crippen LogP contribution is 2.16. The molecule has 18 heavy (non-hydrogen) atoms. The van der Waals surface area contributed by atoms with Crippen molar-refractivity contribution in [1.82, 2.24) is 15.5 Å². The third-order valence-corrected chi connectivity index (χ3v) is 3.28. The summed E-state index contributed by atoms with van der Waals surface area (Å²) in [7, 11) is 0. The Hall–Kier alpha value is -1.14. The molecule has 1 aliphatic rings. The number of primary amides is 1.